The van der Waals surface area contributed by atoms with Crippen molar-refractivity contribution in [3.05, 3.63) is 57.7 Å². The van der Waals surface area contributed by atoms with Gasteiger partial charge < -0.3 is 5.32 Å². The number of aryl methyl sites for hydroxylation is 1. The molecule has 0 aliphatic heterocycles. The fourth-order valence-corrected chi connectivity index (χ4v) is 2.92. The summed E-state index contributed by atoms with van der Waals surface area (Å²) < 4.78 is 53.8. The lowest BCUT2D eigenvalue weighted by Gasteiger charge is -2.19. The predicted molar refractivity (Wildman–Crippen MR) is 93.2 cm³/mol. The normalized spacial score (nSPS) is 13.0. The van der Waals surface area contributed by atoms with E-state index in [2.05, 4.69) is 36.2 Å². The summed E-state index contributed by atoms with van der Waals surface area (Å²) in [7, 11) is 0. The Hall–Kier alpha value is -2.29. The minimum atomic E-state index is -4.76. The van der Waals surface area contributed by atoms with Crippen LogP contribution < -0.4 is 5.32 Å². The number of aromatic nitrogens is 3. The average molecular weight is 429 g/mol. The maximum Gasteiger partial charge on any atom is 0.419 e. The van der Waals surface area contributed by atoms with Crippen LogP contribution in [0.15, 0.2) is 34.9 Å². The molecule has 3 rings (SSSR count). The molecule has 26 heavy (non-hydrogen) atoms. The van der Waals surface area contributed by atoms with Gasteiger partial charge in [0.25, 0.3) is 0 Å². The number of fused-ring (bicyclic) bond motifs is 1. The van der Waals surface area contributed by atoms with Crippen LogP contribution in [0.4, 0.5) is 23.4 Å². The Balaban J connectivity index is 2.03. The highest BCUT2D eigenvalue weighted by molar-refractivity contribution is 9.10. The van der Waals surface area contributed by atoms with Crippen LogP contribution in [0, 0.1) is 12.7 Å². The molecule has 1 N–H and O–H groups in total. The molecule has 9 heteroatoms. The minimum absolute atomic E-state index is 0.104. The van der Waals surface area contributed by atoms with Gasteiger partial charge in [0.15, 0.2) is 5.65 Å². The van der Waals surface area contributed by atoms with E-state index in [9.17, 15) is 17.6 Å². The summed E-state index contributed by atoms with van der Waals surface area (Å²) in [5.41, 5.74) is -0.969. The Morgan fingerprint density at radius 3 is 2.62 bits per heavy atom. The molecule has 3 aromatic rings. The largest absolute Gasteiger partial charge is 0.419 e. The molecule has 0 bridgehead atoms. The van der Waals surface area contributed by atoms with Crippen molar-refractivity contribution in [3.8, 4) is 0 Å². The van der Waals surface area contributed by atoms with Crippen molar-refractivity contribution in [2.24, 2.45) is 0 Å². The lowest BCUT2D eigenvalue weighted by atomic mass is 10.0. The van der Waals surface area contributed by atoms with Gasteiger partial charge in [0.05, 0.1) is 17.0 Å². The molecule has 0 spiro atoms. The third-order valence-electron chi connectivity index (χ3n) is 3.78. The fraction of sp³-hybridized carbons (Fsp3) is 0.235. The molecule has 4 nitrogen and oxygen atoms in total. The van der Waals surface area contributed by atoms with Crippen molar-refractivity contribution in [3.63, 3.8) is 0 Å². The van der Waals surface area contributed by atoms with Crippen LogP contribution in [0.3, 0.4) is 0 Å². The van der Waals surface area contributed by atoms with Crippen molar-refractivity contribution < 1.29 is 17.6 Å². The molecule has 0 saturated carbocycles. The van der Waals surface area contributed by atoms with Crippen molar-refractivity contribution >= 4 is 32.8 Å². The van der Waals surface area contributed by atoms with Crippen LogP contribution in [0.25, 0.3) is 11.0 Å². The molecule has 0 amide bonds. The van der Waals surface area contributed by atoms with Gasteiger partial charge in [0.2, 0.25) is 0 Å². The molecule has 136 valence electrons. The number of nitrogens with one attached hydrogen (secondary N) is 1. The second kappa shape index (κ2) is 6.79. The van der Waals surface area contributed by atoms with E-state index < -0.39 is 23.6 Å². The Kier molecular flexibility index (Phi) is 4.83. The number of anilines is 1. The molecule has 2 aromatic heterocycles. The van der Waals surface area contributed by atoms with E-state index >= 15 is 0 Å². The van der Waals surface area contributed by atoms with E-state index in [0.29, 0.717) is 27.1 Å². The minimum Gasteiger partial charge on any atom is -0.363 e. The standard InChI is InChI=1S/C17H13BrF4N4/c1-8(11-4-3-5-13(14(11)19)17(20,21)22)24-16-12-6-10(18)7-23-15(12)25-9(2)26-16/h3-8H,1-2H3,(H,23,24,25,26)/t8-/m1/s1. The Morgan fingerprint density at radius 2 is 1.92 bits per heavy atom. The predicted octanol–water partition coefficient (Wildman–Crippen LogP) is 5.43. The maximum atomic E-state index is 14.4. The Labute approximate surface area is 154 Å². The molecule has 0 saturated heterocycles. The summed E-state index contributed by atoms with van der Waals surface area (Å²) in [6.45, 7) is 3.23. The smallest absolute Gasteiger partial charge is 0.363 e. The zero-order chi connectivity index (χ0) is 19.1. The number of benzene rings is 1. The fourth-order valence-electron chi connectivity index (χ4n) is 2.59. The number of alkyl halides is 3. The van der Waals surface area contributed by atoms with Crippen molar-refractivity contribution in [2.45, 2.75) is 26.1 Å². The van der Waals surface area contributed by atoms with Gasteiger partial charge in [-0.1, -0.05) is 12.1 Å². The van der Waals surface area contributed by atoms with Gasteiger partial charge in [0, 0.05) is 16.2 Å². The molecular weight excluding hydrogens is 416 g/mol. The summed E-state index contributed by atoms with van der Waals surface area (Å²) in [6.07, 6.45) is -3.18. The van der Waals surface area contributed by atoms with Gasteiger partial charge in [-0.3, -0.25) is 0 Å². The summed E-state index contributed by atoms with van der Waals surface area (Å²) in [5, 5.41) is 3.54. The van der Waals surface area contributed by atoms with E-state index in [0.717, 1.165) is 6.07 Å². The van der Waals surface area contributed by atoms with Crippen LogP contribution in [0.2, 0.25) is 0 Å². The van der Waals surface area contributed by atoms with E-state index in [1.165, 1.54) is 12.1 Å². The van der Waals surface area contributed by atoms with E-state index in [-0.39, 0.29) is 5.56 Å². The van der Waals surface area contributed by atoms with E-state index in [1.807, 2.05) is 0 Å². The third kappa shape index (κ3) is 3.62. The van der Waals surface area contributed by atoms with Crippen molar-refractivity contribution in [2.75, 3.05) is 5.32 Å². The van der Waals surface area contributed by atoms with Crippen LogP contribution in [-0.2, 0) is 6.18 Å². The first-order chi connectivity index (χ1) is 12.2. The molecule has 0 radical (unpaired) electrons. The summed E-state index contributed by atoms with van der Waals surface area (Å²) in [6, 6.07) is 4.19. The maximum absolute atomic E-state index is 14.4. The van der Waals surface area contributed by atoms with Crippen LogP contribution >= 0.6 is 15.9 Å². The Morgan fingerprint density at radius 1 is 1.19 bits per heavy atom. The second-order valence-electron chi connectivity index (χ2n) is 5.72. The quantitative estimate of drug-likeness (QED) is 0.565. The summed E-state index contributed by atoms with van der Waals surface area (Å²) >= 11 is 3.31. The number of hydrogen-bond acceptors (Lipinski definition) is 4. The summed E-state index contributed by atoms with van der Waals surface area (Å²) in [4.78, 5) is 12.7. The number of halogens is 5. The highest BCUT2D eigenvalue weighted by Crippen LogP contribution is 2.35. The highest BCUT2D eigenvalue weighted by Gasteiger charge is 2.35. The zero-order valence-corrected chi connectivity index (χ0v) is 15.3. The first-order valence-electron chi connectivity index (χ1n) is 7.59. The van der Waals surface area contributed by atoms with Gasteiger partial charge in [-0.2, -0.15) is 13.2 Å². The second-order valence-corrected chi connectivity index (χ2v) is 6.63. The number of hydrogen-bond donors (Lipinski definition) is 1. The Bertz CT molecular complexity index is 975. The highest BCUT2D eigenvalue weighted by atomic mass is 79.9. The van der Waals surface area contributed by atoms with Crippen molar-refractivity contribution in [1.82, 2.24) is 15.0 Å². The van der Waals surface area contributed by atoms with Crippen LogP contribution in [0.5, 0.6) is 0 Å². The molecular formula is C17H13BrF4N4. The molecule has 0 aliphatic carbocycles. The van der Waals surface area contributed by atoms with Crippen molar-refractivity contribution in [1.29, 1.82) is 0 Å². The van der Waals surface area contributed by atoms with Crippen LogP contribution in [-0.4, -0.2) is 15.0 Å². The third-order valence-corrected chi connectivity index (χ3v) is 4.22. The van der Waals surface area contributed by atoms with Crippen LogP contribution in [0.1, 0.15) is 29.9 Å². The lowest BCUT2D eigenvalue weighted by molar-refractivity contribution is -0.140. The molecule has 0 fully saturated rings. The first kappa shape index (κ1) is 18.5. The van der Waals surface area contributed by atoms with E-state index in [1.54, 1.807) is 26.1 Å². The topological polar surface area (TPSA) is 50.7 Å². The average Bonchev–Trinajstić information content (AvgIpc) is 2.54. The monoisotopic (exact) mass is 428 g/mol. The summed E-state index contributed by atoms with van der Waals surface area (Å²) in [5.74, 6) is -0.494. The first-order valence-corrected chi connectivity index (χ1v) is 8.38. The van der Waals surface area contributed by atoms with Gasteiger partial charge in [0.1, 0.15) is 17.5 Å². The molecule has 0 unspecified atom stereocenters. The number of pyridine rings is 1. The molecule has 1 atom stereocenters. The lowest BCUT2D eigenvalue weighted by Crippen LogP contribution is -2.15. The van der Waals surface area contributed by atoms with E-state index in [4.69, 9.17) is 0 Å². The van der Waals surface area contributed by atoms with Gasteiger partial charge in [-0.05, 0) is 41.9 Å². The number of rotatable bonds is 3. The zero-order valence-electron chi connectivity index (χ0n) is 13.7. The molecule has 0 aliphatic rings. The van der Waals surface area contributed by atoms with Gasteiger partial charge >= 0.3 is 6.18 Å². The molecule has 1 aromatic carbocycles. The number of nitrogens with zero attached hydrogens (tertiary/aromatic N) is 3. The van der Waals surface area contributed by atoms with Gasteiger partial charge in [-0.15, -0.1) is 0 Å². The van der Waals surface area contributed by atoms with Gasteiger partial charge in [-0.25, -0.2) is 19.3 Å². The SMILES string of the molecule is Cc1nc(N[C@H](C)c2cccc(C(F)(F)F)c2F)c2cc(Br)cnc2n1. The molecule has 2 heterocycles.